The second-order valence-corrected chi connectivity index (χ2v) is 6.21. The number of rotatable bonds is 7. The number of nitrogens with one attached hydrogen (secondary N) is 2. The minimum Gasteiger partial charge on any atom is -0.465 e. The standard InChI is InChI=1S/C19H23N5O4/c1-27-19(26)14-2-4-15(5-3-14)21-18(25)16-6-7-17(23-22-16)20-8-9-24-10-12-28-13-11-24/h2-7H,8-13H2,1H3,(H,20,23)(H,21,25). The summed E-state index contributed by atoms with van der Waals surface area (Å²) in [5.74, 6) is -0.189. The van der Waals surface area contributed by atoms with Crippen molar-refractivity contribution in [1.82, 2.24) is 15.1 Å². The van der Waals surface area contributed by atoms with E-state index in [0.29, 0.717) is 17.1 Å². The van der Waals surface area contributed by atoms with Gasteiger partial charge < -0.3 is 20.1 Å². The lowest BCUT2D eigenvalue weighted by atomic mass is 10.2. The summed E-state index contributed by atoms with van der Waals surface area (Å²) < 4.78 is 9.96. The van der Waals surface area contributed by atoms with Gasteiger partial charge in [-0.2, -0.15) is 0 Å². The molecule has 0 unspecified atom stereocenters. The fourth-order valence-electron chi connectivity index (χ4n) is 2.72. The molecule has 0 aliphatic carbocycles. The second-order valence-electron chi connectivity index (χ2n) is 6.21. The van der Waals surface area contributed by atoms with E-state index < -0.39 is 5.97 Å². The largest absolute Gasteiger partial charge is 0.465 e. The van der Waals surface area contributed by atoms with Crippen LogP contribution in [0.5, 0.6) is 0 Å². The Balaban J connectivity index is 1.48. The molecule has 1 aromatic carbocycles. The average molecular weight is 385 g/mol. The molecule has 0 atom stereocenters. The quantitative estimate of drug-likeness (QED) is 0.686. The number of anilines is 2. The summed E-state index contributed by atoms with van der Waals surface area (Å²) in [5, 5.41) is 13.9. The fraction of sp³-hybridized carbons (Fsp3) is 0.368. The molecule has 9 heteroatoms. The topological polar surface area (TPSA) is 106 Å². The van der Waals surface area contributed by atoms with Crippen LogP contribution in [0, 0.1) is 0 Å². The molecule has 0 radical (unpaired) electrons. The number of hydrogen-bond acceptors (Lipinski definition) is 8. The third-order valence-corrected chi connectivity index (χ3v) is 4.30. The Morgan fingerprint density at radius 3 is 2.50 bits per heavy atom. The number of carbonyl (C=O) groups is 2. The normalized spacial score (nSPS) is 14.3. The first-order valence-electron chi connectivity index (χ1n) is 9.03. The molecule has 28 heavy (non-hydrogen) atoms. The number of carbonyl (C=O) groups excluding carboxylic acids is 2. The molecule has 1 amide bonds. The summed E-state index contributed by atoms with van der Waals surface area (Å²) in [6.45, 7) is 5.06. The van der Waals surface area contributed by atoms with Crippen LogP contribution in [0.2, 0.25) is 0 Å². The molecule has 2 heterocycles. The fourth-order valence-corrected chi connectivity index (χ4v) is 2.72. The van der Waals surface area contributed by atoms with Crippen molar-refractivity contribution in [2.75, 3.05) is 57.1 Å². The van der Waals surface area contributed by atoms with Crippen molar-refractivity contribution in [3.05, 3.63) is 47.7 Å². The number of hydrogen-bond donors (Lipinski definition) is 2. The van der Waals surface area contributed by atoms with Crippen LogP contribution in [-0.4, -0.2) is 73.5 Å². The molecule has 3 rings (SSSR count). The predicted molar refractivity (Wildman–Crippen MR) is 104 cm³/mol. The number of ether oxygens (including phenoxy) is 2. The highest BCUT2D eigenvalue weighted by molar-refractivity contribution is 6.03. The molecule has 1 fully saturated rings. The number of methoxy groups -OCH3 is 1. The highest BCUT2D eigenvalue weighted by Crippen LogP contribution is 2.12. The molecular weight excluding hydrogens is 362 g/mol. The van der Waals surface area contributed by atoms with E-state index in [0.717, 1.165) is 39.4 Å². The lowest BCUT2D eigenvalue weighted by Crippen LogP contribution is -2.39. The zero-order chi connectivity index (χ0) is 19.8. The van der Waals surface area contributed by atoms with Crippen molar-refractivity contribution in [2.45, 2.75) is 0 Å². The summed E-state index contributed by atoms with van der Waals surface area (Å²) in [6.07, 6.45) is 0. The Morgan fingerprint density at radius 1 is 1.11 bits per heavy atom. The van der Waals surface area contributed by atoms with E-state index in [1.54, 1.807) is 36.4 Å². The molecule has 0 saturated carbocycles. The van der Waals surface area contributed by atoms with Crippen molar-refractivity contribution < 1.29 is 19.1 Å². The van der Waals surface area contributed by atoms with Gasteiger partial charge in [-0.15, -0.1) is 10.2 Å². The van der Waals surface area contributed by atoms with Crippen LogP contribution in [-0.2, 0) is 9.47 Å². The Kier molecular flexibility index (Phi) is 6.88. The molecule has 148 valence electrons. The molecule has 1 aromatic heterocycles. The first-order chi connectivity index (χ1) is 13.7. The van der Waals surface area contributed by atoms with E-state index in [9.17, 15) is 9.59 Å². The van der Waals surface area contributed by atoms with Crippen LogP contribution >= 0.6 is 0 Å². The summed E-state index contributed by atoms with van der Waals surface area (Å²) in [5.41, 5.74) is 1.16. The maximum Gasteiger partial charge on any atom is 0.337 e. The van der Waals surface area contributed by atoms with Crippen LogP contribution in [0.1, 0.15) is 20.8 Å². The molecule has 2 N–H and O–H groups in total. The van der Waals surface area contributed by atoms with Gasteiger partial charge in [-0.05, 0) is 36.4 Å². The SMILES string of the molecule is COC(=O)c1ccc(NC(=O)c2ccc(NCCN3CCOCC3)nn2)cc1. The summed E-state index contributed by atoms with van der Waals surface area (Å²) >= 11 is 0. The van der Waals surface area contributed by atoms with Crippen molar-refractivity contribution >= 4 is 23.4 Å². The number of amides is 1. The Labute approximate surface area is 163 Å². The zero-order valence-corrected chi connectivity index (χ0v) is 15.7. The van der Waals surface area contributed by atoms with Crippen molar-refractivity contribution in [1.29, 1.82) is 0 Å². The van der Waals surface area contributed by atoms with E-state index in [1.807, 2.05) is 0 Å². The molecule has 1 saturated heterocycles. The van der Waals surface area contributed by atoms with Gasteiger partial charge in [0.2, 0.25) is 0 Å². The molecule has 1 aliphatic rings. The molecular formula is C19H23N5O4. The number of nitrogens with zero attached hydrogens (tertiary/aromatic N) is 3. The highest BCUT2D eigenvalue weighted by Gasteiger charge is 2.11. The van der Waals surface area contributed by atoms with Crippen LogP contribution in [0.25, 0.3) is 0 Å². The van der Waals surface area contributed by atoms with Crippen molar-refractivity contribution in [2.24, 2.45) is 0 Å². The molecule has 0 bridgehead atoms. The van der Waals surface area contributed by atoms with Gasteiger partial charge in [0, 0.05) is 31.9 Å². The Morgan fingerprint density at radius 2 is 1.86 bits per heavy atom. The monoisotopic (exact) mass is 385 g/mol. The lowest BCUT2D eigenvalue weighted by molar-refractivity contribution is 0.0398. The van der Waals surface area contributed by atoms with E-state index in [1.165, 1.54) is 7.11 Å². The van der Waals surface area contributed by atoms with Gasteiger partial charge in [-0.25, -0.2) is 4.79 Å². The van der Waals surface area contributed by atoms with Gasteiger partial charge in [0.15, 0.2) is 5.69 Å². The van der Waals surface area contributed by atoms with E-state index in [-0.39, 0.29) is 11.6 Å². The van der Waals surface area contributed by atoms with E-state index >= 15 is 0 Å². The van der Waals surface area contributed by atoms with Crippen LogP contribution in [0.3, 0.4) is 0 Å². The van der Waals surface area contributed by atoms with Gasteiger partial charge in [0.05, 0.1) is 25.9 Å². The van der Waals surface area contributed by atoms with Gasteiger partial charge in [-0.1, -0.05) is 0 Å². The maximum atomic E-state index is 12.3. The maximum absolute atomic E-state index is 12.3. The summed E-state index contributed by atoms with van der Waals surface area (Å²) in [7, 11) is 1.32. The van der Waals surface area contributed by atoms with E-state index in [4.69, 9.17) is 4.74 Å². The third-order valence-electron chi connectivity index (χ3n) is 4.30. The third kappa shape index (κ3) is 5.48. The average Bonchev–Trinajstić information content (AvgIpc) is 2.75. The van der Waals surface area contributed by atoms with Gasteiger partial charge in [-0.3, -0.25) is 9.69 Å². The number of aromatic nitrogens is 2. The lowest BCUT2D eigenvalue weighted by Gasteiger charge is -2.26. The summed E-state index contributed by atoms with van der Waals surface area (Å²) in [4.78, 5) is 26.0. The second kappa shape index (κ2) is 9.77. The first-order valence-corrected chi connectivity index (χ1v) is 9.03. The molecule has 2 aromatic rings. The number of benzene rings is 1. The van der Waals surface area contributed by atoms with Gasteiger partial charge in [0.1, 0.15) is 5.82 Å². The van der Waals surface area contributed by atoms with Crippen LogP contribution < -0.4 is 10.6 Å². The minimum absolute atomic E-state index is 0.204. The number of esters is 1. The highest BCUT2D eigenvalue weighted by atomic mass is 16.5. The Bertz CT molecular complexity index is 789. The van der Waals surface area contributed by atoms with Gasteiger partial charge >= 0.3 is 5.97 Å². The van der Waals surface area contributed by atoms with E-state index in [2.05, 4.69) is 30.5 Å². The zero-order valence-electron chi connectivity index (χ0n) is 15.7. The van der Waals surface area contributed by atoms with Crippen molar-refractivity contribution in [3.63, 3.8) is 0 Å². The summed E-state index contributed by atoms with van der Waals surface area (Å²) in [6, 6.07) is 9.74. The first kappa shape index (κ1) is 19.7. The smallest absolute Gasteiger partial charge is 0.337 e. The number of morpholine rings is 1. The molecule has 9 nitrogen and oxygen atoms in total. The minimum atomic E-state index is -0.430. The van der Waals surface area contributed by atoms with Crippen LogP contribution in [0.4, 0.5) is 11.5 Å². The Hall–Kier alpha value is -3.04. The predicted octanol–water partition coefficient (Wildman–Crippen LogP) is 1.26. The van der Waals surface area contributed by atoms with Gasteiger partial charge in [0.25, 0.3) is 5.91 Å². The molecule has 1 aliphatic heterocycles. The van der Waals surface area contributed by atoms with Crippen LogP contribution in [0.15, 0.2) is 36.4 Å². The molecule has 0 spiro atoms. The van der Waals surface area contributed by atoms with Crippen molar-refractivity contribution in [3.8, 4) is 0 Å².